The Bertz CT molecular complexity index is 321. The van der Waals surface area contributed by atoms with Crippen molar-refractivity contribution in [3.63, 3.8) is 0 Å². The van der Waals surface area contributed by atoms with Crippen LogP contribution in [0.1, 0.15) is 78.1 Å². The second-order valence-corrected chi connectivity index (χ2v) is 6.37. The highest BCUT2D eigenvalue weighted by Crippen LogP contribution is 2.10. The lowest BCUT2D eigenvalue weighted by Crippen LogP contribution is -2.44. The first kappa shape index (κ1) is 22.2. The Labute approximate surface area is 141 Å². The molecule has 0 radical (unpaired) electrons. The minimum atomic E-state index is -1.15. The van der Waals surface area contributed by atoms with E-state index in [2.05, 4.69) is 12.2 Å². The Balaban J connectivity index is 3.52. The number of nitrogens with one attached hydrogen (secondary N) is 1. The van der Waals surface area contributed by atoms with Gasteiger partial charge in [-0.1, -0.05) is 58.3 Å². The van der Waals surface area contributed by atoms with Crippen molar-refractivity contribution in [1.29, 1.82) is 0 Å². The largest absolute Gasteiger partial charge is 0.384 e. The van der Waals surface area contributed by atoms with Crippen molar-refractivity contribution in [2.75, 3.05) is 13.1 Å². The van der Waals surface area contributed by atoms with Gasteiger partial charge in [0.2, 0.25) is 0 Å². The van der Waals surface area contributed by atoms with Gasteiger partial charge in [0.05, 0.1) is 12.6 Å². The lowest BCUT2D eigenvalue weighted by atomic mass is 10.1. The maximum atomic E-state index is 11.8. The number of hydrogen-bond donors (Lipinski definition) is 3. The molecule has 2 atom stereocenters. The number of ketones is 2. The van der Waals surface area contributed by atoms with Crippen LogP contribution in [0, 0.1) is 0 Å². The number of rotatable bonds is 16. The van der Waals surface area contributed by atoms with Gasteiger partial charge < -0.3 is 16.2 Å². The van der Waals surface area contributed by atoms with E-state index in [4.69, 9.17) is 5.73 Å². The quantitative estimate of drug-likeness (QED) is 0.378. The third kappa shape index (κ3) is 12.3. The molecule has 0 saturated carbocycles. The molecule has 0 aromatic rings. The number of unbranched alkanes of at least 4 members (excludes halogenated alkanes) is 8. The minimum absolute atomic E-state index is 0.0861. The lowest BCUT2D eigenvalue weighted by Gasteiger charge is -2.15. The molecule has 0 amide bonds. The fourth-order valence-corrected chi connectivity index (χ4v) is 2.49. The van der Waals surface area contributed by atoms with Crippen LogP contribution in [0.25, 0.3) is 0 Å². The summed E-state index contributed by atoms with van der Waals surface area (Å²) in [4.78, 5) is 23.4. The molecule has 1 unspecified atom stereocenters. The molecule has 0 rings (SSSR count). The summed E-state index contributed by atoms with van der Waals surface area (Å²) in [5.41, 5.74) is 5.24. The number of aliphatic hydroxyl groups excluding tert-OH is 1. The van der Waals surface area contributed by atoms with Crippen LogP contribution < -0.4 is 11.1 Å². The zero-order chi connectivity index (χ0) is 17.5. The maximum absolute atomic E-state index is 11.8. The summed E-state index contributed by atoms with van der Waals surface area (Å²) in [6.45, 7) is 3.97. The van der Waals surface area contributed by atoms with E-state index in [-0.39, 0.29) is 24.7 Å². The van der Waals surface area contributed by atoms with Gasteiger partial charge in [-0.05, 0) is 13.3 Å². The van der Waals surface area contributed by atoms with Gasteiger partial charge in [-0.25, -0.2) is 0 Å². The van der Waals surface area contributed by atoms with Gasteiger partial charge in [-0.2, -0.15) is 0 Å². The fraction of sp³-hybridized carbons (Fsp3) is 0.889. The molecule has 0 aliphatic heterocycles. The average molecular weight is 328 g/mol. The van der Waals surface area contributed by atoms with Gasteiger partial charge in [0, 0.05) is 13.0 Å². The van der Waals surface area contributed by atoms with E-state index in [0.717, 1.165) is 12.8 Å². The number of nitrogens with two attached hydrogens (primary N) is 1. The van der Waals surface area contributed by atoms with E-state index in [9.17, 15) is 14.7 Å². The van der Waals surface area contributed by atoms with Crippen LogP contribution in [0.2, 0.25) is 0 Å². The Morgan fingerprint density at radius 2 is 1.52 bits per heavy atom. The van der Waals surface area contributed by atoms with E-state index in [1.165, 1.54) is 44.9 Å². The van der Waals surface area contributed by atoms with Gasteiger partial charge in [-0.3, -0.25) is 9.59 Å². The van der Waals surface area contributed by atoms with Gasteiger partial charge in [0.25, 0.3) is 0 Å². The summed E-state index contributed by atoms with van der Waals surface area (Å²) in [7, 11) is 0. The van der Waals surface area contributed by atoms with Crippen molar-refractivity contribution in [2.24, 2.45) is 5.73 Å². The second kappa shape index (κ2) is 14.8. The Morgan fingerprint density at radius 1 is 1.00 bits per heavy atom. The third-order valence-electron chi connectivity index (χ3n) is 4.14. The molecule has 23 heavy (non-hydrogen) atoms. The molecule has 0 spiro atoms. The van der Waals surface area contributed by atoms with Crippen molar-refractivity contribution in [3.05, 3.63) is 0 Å². The average Bonchev–Trinajstić information content (AvgIpc) is 2.56. The molecular weight excluding hydrogens is 292 g/mol. The number of carbonyl (C=O) groups is 2. The number of hydrogen-bond acceptors (Lipinski definition) is 5. The van der Waals surface area contributed by atoms with Crippen molar-refractivity contribution in [2.45, 2.75) is 90.2 Å². The predicted octanol–water partition coefficient (Wildman–Crippen LogP) is 2.34. The lowest BCUT2D eigenvalue weighted by molar-refractivity contribution is -0.128. The summed E-state index contributed by atoms with van der Waals surface area (Å²) in [6, 6.07) is -0.541. The third-order valence-corrected chi connectivity index (χ3v) is 4.14. The summed E-state index contributed by atoms with van der Waals surface area (Å²) < 4.78 is 0. The molecule has 5 nitrogen and oxygen atoms in total. The highest BCUT2D eigenvalue weighted by atomic mass is 16.3. The van der Waals surface area contributed by atoms with Crippen LogP contribution >= 0.6 is 0 Å². The molecule has 5 heteroatoms. The van der Waals surface area contributed by atoms with E-state index in [1.54, 1.807) is 6.92 Å². The number of Topliss-reactive ketones (excluding diaryl/α,β-unsaturated/α-hetero) is 2. The van der Waals surface area contributed by atoms with Crippen molar-refractivity contribution < 1.29 is 14.7 Å². The first-order chi connectivity index (χ1) is 11.0. The first-order valence-corrected chi connectivity index (χ1v) is 9.19. The Morgan fingerprint density at radius 3 is 2.04 bits per heavy atom. The predicted molar refractivity (Wildman–Crippen MR) is 94.4 cm³/mol. The summed E-state index contributed by atoms with van der Waals surface area (Å²) in [5, 5.41) is 12.2. The van der Waals surface area contributed by atoms with Crippen molar-refractivity contribution >= 4 is 11.6 Å². The Kier molecular flexibility index (Phi) is 14.3. The van der Waals surface area contributed by atoms with E-state index in [0.29, 0.717) is 6.42 Å². The van der Waals surface area contributed by atoms with Crippen LogP contribution in [-0.2, 0) is 9.59 Å². The molecule has 0 aliphatic carbocycles. The first-order valence-electron chi connectivity index (χ1n) is 9.19. The van der Waals surface area contributed by atoms with Crippen LogP contribution in [0.5, 0.6) is 0 Å². The molecule has 4 N–H and O–H groups in total. The minimum Gasteiger partial charge on any atom is -0.384 e. The van der Waals surface area contributed by atoms with Gasteiger partial charge in [0.15, 0.2) is 5.78 Å². The van der Waals surface area contributed by atoms with Crippen LogP contribution in [0.4, 0.5) is 0 Å². The SMILES string of the molecule is CCCCCCCCCCCC(=O)CN[C@@H](C)C(=O)C(O)CN. The number of carbonyl (C=O) groups excluding carboxylic acids is 2. The van der Waals surface area contributed by atoms with E-state index in [1.807, 2.05) is 0 Å². The van der Waals surface area contributed by atoms with Crippen molar-refractivity contribution in [1.82, 2.24) is 5.32 Å². The molecule has 0 saturated heterocycles. The van der Waals surface area contributed by atoms with Crippen molar-refractivity contribution in [3.8, 4) is 0 Å². The number of aliphatic hydroxyl groups is 1. The topological polar surface area (TPSA) is 92.4 Å². The molecule has 0 aliphatic rings. The van der Waals surface area contributed by atoms with Gasteiger partial charge >= 0.3 is 0 Å². The fourth-order valence-electron chi connectivity index (χ4n) is 2.49. The molecule has 0 aromatic carbocycles. The molecule has 136 valence electrons. The Hall–Kier alpha value is -0.780. The van der Waals surface area contributed by atoms with Crippen LogP contribution in [0.15, 0.2) is 0 Å². The molecule has 0 bridgehead atoms. The summed E-state index contributed by atoms with van der Waals surface area (Å²) in [5.74, 6) is -0.238. The smallest absolute Gasteiger partial charge is 0.179 e. The summed E-state index contributed by atoms with van der Waals surface area (Å²) in [6.07, 6.45) is 10.5. The normalized spacial score (nSPS) is 13.7. The zero-order valence-electron chi connectivity index (χ0n) is 15.0. The monoisotopic (exact) mass is 328 g/mol. The molecule has 0 heterocycles. The zero-order valence-corrected chi connectivity index (χ0v) is 15.0. The highest BCUT2D eigenvalue weighted by molar-refractivity contribution is 5.88. The summed E-state index contributed by atoms with van der Waals surface area (Å²) >= 11 is 0. The van der Waals surface area contributed by atoms with Crippen LogP contribution in [0.3, 0.4) is 0 Å². The van der Waals surface area contributed by atoms with Gasteiger partial charge in [0.1, 0.15) is 11.9 Å². The van der Waals surface area contributed by atoms with Gasteiger partial charge in [-0.15, -0.1) is 0 Å². The maximum Gasteiger partial charge on any atom is 0.179 e. The standard InChI is InChI=1S/C18H36N2O3/c1-3-4-5-6-7-8-9-10-11-12-16(21)14-20-15(2)18(23)17(22)13-19/h15,17,20,22H,3-14,19H2,1-2H3/t15-,17?/m0/s1. The van der Waals surface area contributed by atoms with E-state index >= 15 is 0 Å². The molecule has 0 fully saturated rings. The van der Waals surface area contributed by atoms with Crippen LogP contribution in [-0.4, -0.2) is 41.9 Å². The molecular formula is C18H36N2O3. The highest BCUT2D eigenvalue weighted by Gasteiger charge is 2.20. The molecule has 0 aromatic heterocycles. The van der Waals surface area contributed by atoms with E-state index < -0.39 is 12.1 Å². The second-order valence-electron chi connectivity index (χ2n) is 6.37.